The lowest BCUT2D eigenvalue weighted by atomic mass is 9.70. The third kappa shape index (κ3) is 2.67. The minimum absolute atomic E-state index is 0.295. The van der Waals surface area contributed by atoms with Gasteiger partial charge in [0.05, 0.1) is 24.5 Å². The number of ether oxygens (including phenoxy) is 3. The summed E-state index contributed by atoms with van der Waals surface area (Å²) in [5, 5.41) is 13.0. The number of aryl methyl sites for hydroxylation is 1. The Morgan fingerprint density at radius 3 is 2.30 bits per heavy atom. The molecule has 4 aromatic rings. The Kier molecular flexibility index (Phi) is 4.54. The van der Waals surface area contributed by atoms with Gasteiger partial charge in [-0.2, -0.15) is 0 Å². The Hall–Kier alpha value is -4.23. The van der Waals surface area contributed by atoms with Gasteiger partial charge in [0.1, 0.15) is 23.4 Å². The first-order chi connectivity index (χ1) is 18.0. The van der Waals surface area contributed by atoms with Crippen LogP contribution in [0.15, 0.2) is 85.2 Å². The highest BCUT2D eigenvalue weighted by Gasteiger charge is 2.81. The van der Waals surface area contributed by atoms with Crippen LogP contribution in [0.1, 0.15) is 44.7 Å². The summed E-state index contributed by atoms with van der Waals surface area (Å²) < 4.78 is 18.8. The lowest BCUT2D eigenvalue weighted by molar-refractivity contribution is -0.119. The van der Waals surface area contributed by atoms with Gasteiger partial charge >= 0.3 is 0 Å². The first-order valence-corrected chi connectivity index (χ1v) is 12.2. The summed E-state index contributed by atoms with van der Waals surface area (Å²) in [7, 11) is 1.58. The van der Waals surface area contributed by atoms with E-state index in [9.17, 15) is 9.90 Å². The fourth-order valence-electron chi connectivity index (χ4n) is 6.65. The molecule has 1 fully saturated rings. The molecule has 1 spiro atoms. The summed E-state index contributed by atoms with van der Waals surface area (Å²) in [4.78, 5) is 23.9. The summed E-state index contributed by atoms with van der Waals surface area (Å²) in [5.41, 5.74) is -0.563. The van der Waals surface area contributed by atoms with Crippen LogP contribution in [0.25, 0.3) is 0 Å². The van der Waals surface area contributed by atoms with E-state index in [1.54, 1.807) is 43.8 Å². The van der Waals surface area contributed by atoms with Crippen molar-refractivity contribution >= 4 is 5.78 Å². The number of pyridine rings is 2. The Balaban J connectivity index is 1.58. The number of carbonyl (C=O) groups excluding carboxylic acids is 1. The van der Waals surface area contributed by atoms with Crippen LogP contribution in [0, 0.1) is 6.92 Å². The van der Waals surface area contributed by atoms with Crippen LogP contribution in [0.5, 0.6) is 17.2 Å². The van der Waals surface area contributed by atoms with Crippen molar-refractivity contribution in [1.29, 1.82) is 0 Å². The molecule has 2 aliphatic heterocycles. The van der Waals surface area contributed by atoms with E-state index in [-0.39, 0.29) is 5.78 Å². The SMILES string of the molecule is COc1cc(C)c2c(c1)O[C@@H]1[C@@H](c3ccccn3)[C@H](c3ccccn3)[C@]3(Oc4ccccc4C3=O)[C@]21O. The lowest BCUT2D eigenvalue weighted by Crippen LogP contribution is -2.60. The molecule has 5 atom stereocenters. The molecule has 0 radical (unpaired) electrons. The normalized spacial score (nSPS) is 28.8. The minimum Gasteiger partial charge on any atom is -0.497 e. The monoisotopic (exact) mass is 492 g/mol. The van der Waals surface area contributed by atoms with Crippen LogP contribution in [-0.2, 0) is 5.60 Å². The van der Waals surface area contributed by atoms with Gasteiger partial charge in [-0.1, -0.05) is 24.3 Å². The van der Waals surface area contributed by atoms with Crippen molar-refractivity contribution in [2.75, 3.05) is 7.11 Å². The topological polar surface area (TPSA) is 90.8 Å². The Morgan fingerprint density at radius 1 is 0.919 bits per heavy atom. The molecule has 1 saturated carbocycles. The molecule has 184 valence electrons. The van der Waals surface area contributed by atoms with Crippen LogP contribution < -0.4 is 14.2 Å². The summed E-state index contributed by atoms with van der Waals surface area (Å²) in [6.45, 7) is 1.88. The second-order valence-corrected chi connectivity index (χ2v) is 9.80. The molecule has 0 bridgehead atoms. The maximum absolute atomic E-state index is 14.6. The smallest absolute Gasteiger partial charge is 0.217 e. The van der Waals surface area contributed by atoms with Gasteiger partial charge in [-0.25, -0.2) is 0 Å². The van der Waals surface area contributed by atoms with Gasteiger partial charge in [-0.05, 0) is 55.0 Å². The second kappa shape index (κ2) is 7.63. The van der Waals surface area contributed by atoms with E-state index in [1.165, 1.54) is 0 Å². The average molecular weight is 493 g/mol. The van der Waals surface area contributed by atoms with Crippen molar-refractivity contribution in [3.63, 3.8) is 0 Å². The Morgan fingerprint density at radius 2 is 1.62 bits per heavy atom. The number of ketones is 1. The van der Waals surface area contributed by atoms with Crippen molar-refractivity contribution in [3.8, 4) is 17.2 Å². The summed E-state index contributed by atoms with van der Waals surface area (Å²) >= 11 is 0. The molecule has 0 amide bonds. The van der Waals surface area contributed by atoms with E-state index in [4.69, 9.17) is 14.2 Å². The number of carbonyl (C=O) groups is 1. The molecular formula is C30H24N2O5. The zero-order valence-electron chi connectivity index (χ0n) is 20.3. The lowest BCUT2D eigenvalue weighted by Gasteiger charge is -2.39. The number of aromatic nitrogens is 2. The van der Waals surface area contributed by atoms with Crippen LogP contribution >= 0.6 is 0 Å². The number of nitrogens with zero attached hydrogens (tertiary/aromatic N) is 2. The third-order valence-electron chi connectivity index (χ3n) is 8.02. The largest absolute Gasteiger partial charge is 0.497 e. The van der Waals surface area contributed by atoms with Crippen molar-refractivity contribution in [2.24, 2.45) is 0 Å². The number of aliphatic hydroxyl groups is 1. The van der Waals surface area contributed by atoms with Crippen molar-refractivity contribution in [3.05, 3.63) is 113 Å². The predicted octanol–water partition coefficient (Wildman–Crippen LogP) is 4.34. The highest BCUT2D eigenvalue weighted by Crippen LogP contribution is 2.69. The Bertz CT molecular complexity index is 1540. The van der Waals surface area contributed by atoms with Gasteiger partial charge < -0.3 is 19.3 Å². The van der Waals surface area contributed by atoms with E-state index in [1.807, 2.05) is 55.5 Å². The zero-order valence-corrected chi connectivity index (χ0v) is 20.3. The highest BCUT2D eigenvalue weighted by molar-refractivity contribution is 6.10. The zero-order chi connectivity index (χ0) is 25.4. The number of Topliss-reactive ketones (excluding diaryl/α,β-unsaturated/α-hetero) is 1. The summed E-state index contributed by atoms with van der Waals surface area (Å²) in [6.07, 6.45) is 2.53. The molecule has 7 nitrogen and oxygen atoms in total. The molecule has 3 aliphatic rings. The summed E-state index contributed by atoms with van der Waals surface area (Å²) in [5.74, 6) is -0.0217. The number of hydrogen-bond acceptors (Lipinski definition) is 7. The molecule has 7 rings (SSSR count). The van der Waals surface area contributed by atoms with E-state index in [2.05, 4.69) is 9.97 Å². The van der Waals surface area contributed by atoms with Crippen LogP contribution in [0.3, 0.4) is 0 Å². The molecule has 1 aliphatic carbocycles. The number of methoxy groups -OCH3 is 1. The minimum atomic E-state index is -1.83. The molecule has 0 unspecified atom stereocenters. The molecule has 2 aromatic carbocycles. The molecular weight excluding hydrogens is 468 g/mol. The van der Waals surface area contributed by atoms with Crippen molar-refractivity contribution in [1.82, 2.24) is 9.97 Å². The second-order valence-electron chi connectivity index (χ2n) is 9.80. The fraction of sp³-hybridized carbons (Fsp3) is 0.233. The first kappa shape index (κ1) is 22.0. The van der Waals surface area contributed by atoms with E-state index < -0.39 is 29.1 Å². The maximum atomic E-state index is 14.6. The standard InChI is InChI=1S/C30H24N2O5/c1-17-15-18(35-2)16-23-25(17)29(34)28(36-23)24(20-10-5-7-13-31-20)26(21-11-6-8-14-32-21)30(29)27(33)19-9-3-4-12-22(19)37-30/h3-16,24,26,28,34H,1-2H3/t24-,26-,28+,29-,30+/m0/s1. The van der Waals surface area contributed by atoms with Gasteiger partial charge in [0.2, 0.25) is 11.4 Å². The van der Waals surface area contributed by atoms with Crippen LogP contribution in [0.4, 0.5) is 0 Å². The first-order valence-electron chi connectivity index (χ1n) is 12.2. The third-order valence-corrected chi connectivity index (χ3v) is 8.02. The number of para-hydroxylation sites is 1. The van der Waals surface area contributed by atoms with E-state index in [0.717, 1.165) is 5.56 Å². The van der Waals surface area contributed by atoms with Gasteiger partial charge in [0.25, 0.3) is 0 Å². The molecule has 37 heavy (non-hydrogen) atoms. The van der Waals surface area contributed by atoms with Gasteiger partial charge in [0.15, 0.2) is 5.60 Å². The average Bonchev–Trinajstić information content (AvgIpc) is 3.48. The van der Waals surface area contributed by atoms with Crippen LogP contribution in [0.2, 0.25) is 0 Å². The van der Waals surface area contributed by atoms with Crippen molar-refractivity contribution < 1.29 is 24.1 Å². The summed E-state index contributed by atoms with van der Waals surface area (Å²) in [6, 6.07) is 21.9. The Labute approximate surface area is 213 Å². The molecule has 1 N–H and O–H groups in total. The van der Waals surface area contributed by atoms with Gasteiger partial charge in [0, 0.05) is 35.4 Å². The number of hydrogen-bond donors (Lipinski definition) is 1. The van der Waals surface area contributed by atoms with Crippen molar-refractivity contribution in [2.45, 2.75) is 36.1 Å². The number of fused-ring (bicyclic) bond motifs is 5. The molecule has 2 aromatic heterocycles. The molecule has 0 saturated heterocycles. The quantitative estimate of drug-likeness (QED) is 0.455. The highest BCUT2D eigenvalue weighted by atomic mass is 16.6. The maximum Gasteiger partial charge on any atom is 0.217 e. The van der Waals surface area contributed by atoms with E-state index in [0.29, 0.717) is 39.8 Å². The molecule has 7 heteroatoms. The van der Waals surface area contributed by atoms with E-state index >= 15 is 0 Å². The fourth-order valence-corrected chi connectivity index (χ4v) is 6.65. The van der Waals surface area contributed by atoms with Gasteiger partial charge in [-0.3, -0.25) is 14.8 Å². The predicted molar refractivity (Wildman–Crippen MR) is 134 cm³/mol. The van der Waals surface area contributed by atoms with Gasteiger partial charge in [-0.15, -0.1) is 0 Å². The number of rotatable bonds is 3. The molecule has 4 heterocycles. The van der Waals surface area contributed by atoms with Crippen LogP contribution in [-0.4, -0.2) is 39.7 Å². The number of benzene rings is 2.